The van der Waals surface area contributed by atoms with Crippen molar-refractivity contribution in [2.24, 2.45) is 17.3 Å². The molecule has 1 aromatic carbocycles. The van der Waals surface area contributed by atoms with Gasteiger partial charge in [-0.25, -0.2) is 0 Å². The van der Waals surface area contributed by atoms with Gasteiger partial charge in [-0.1, -0.05) is 48.5 Å². The summed E-state index contributed by atoms with van der Waals surface area (Å²) in [4.78, 5) is 12.1. The van der Waals surface area contributed by atoms with E-state index in [4.69, 9.17) is 5.21 Å². The van der Waals surface area contributed by atoms with Crippen LogP contribution < -0.4 is 10.8 Å². The summed E-state index contributed by atoms with van der Waals surface area (Å²) < 4.78 is 0. The molecule has 4 nitrogen and oxygen atoms in total. The molecular formula is C20H36N2O2. The lowest BCUT2D eigenvalue weighted by molar-refractivity contribution is 0.0948. The summed E-state index contributed by atoms with van der Waals surface area (Å²) in [5, 5.41) is 11.7. The van der Waals surface area contributed by atoms with Gasteiger partial charge < -0.3 is 5.32 Å². The molecule has 0 aliphatic rings. The predicted octanol–water partition coefficient (Wildman–Crippen LogP) is 5.34. The largest absolute Gasteiger partial charge is 0.352 e. The zero-order valence-electron chi connectivity index (χ0n) is 16.4. The van der Waals surface area contributed by atoms with E-state index in [0.29, 0.717) is 35.0 Å². The van der Waals surface area contributed by atoms with Crippen molar-refractivity contribution in [3.63, 3.8) is 0 Å². The molecule has 24 heavy (non-hydrogen) atoms. The van der Waals surface area contributed by atoms with Crippen LogP contribution in [0.25, 0.3) is 0 Å². The van der Waals surface area contributed by atoms with Gasteiger partial charge in [0, 0.05) is 12.1 Å². The number of carbonyl (C=O) groups excluding carboxylic acids is 1. The second-order valence-corrected chi connectivity index (χ2v) is 7.50. The highest BCUT2D eigenvalue weighted by Gasteiger charge is 2.21. The molecule has 1 atom stereocenters. The van der Waals surface area contributed by atoms with E-state index in [-0.39, 0.29) is 5.91 Å². The third-order valence-electron chi connectivity index (χ3n) is 3.89. The van der Waals surface area contributed by atoms with E-state index >= 15 is 0 Å². The molecular weight excluding hydrogens is 300 g/mol. The van der Waals surface area contributed by atoms with E-state index in [1.54, 1.807) is 24.3 Å². The van der Waals surface area contributed by atoms with Crippen molar-refractivity contribution >= 4 is 11.6 Å². The van der Waals surface area contributed by atoms with Crippen molar-refractivity contribution in [2.45, 2.75) is 61.3 Å². The van der Waals surface area contributed by atoms with Gasteiger partial charge >= 0.3 is 0 Å². The van der Waals surface area contributed by atoms with Gasteiger partial charge in [-0.15, -0.1) is 0 Å². The van der Waals surface area contributed by atoms with Crippen LogP contribution in [0.1, 0.15) is 71.7 Å². The summed E-state index contributed by atoms with van der Waals surface area (Å²) in [5.74, 6) is 1.16. The van der Waals surface area contributed by atoms with E-state index in [1.165, 1.54) is 0 Å². The zero-order valence-corrected chi connectivity index (χ0v) is 16.4. The SMILES string of the molecule is CC.CC(C)C(CCNC(=O)c1ccc(NO)cc1)CC(C)(C)C. The number of rotatable bonds is 7. The normalized spacial score (nSPS) is 12.2. The zero-order chi connectivity index (χ0) is 18.8. The summed E-state index contributed by atoms with van der Waals surface area (Å²) in [6, 6.07) is 6.74. The van der Waals surface area contributed by atoms with Crippen molar-refractivity contribution in [2.75, 3.05) is 12.0 Å². The Balaban J connectivity index is 0.00000254. The maximum absolute atomic E-state index is 12.1. The van der Waals surface area contributed by atoms with Crippen molar-refractivity contribution in [3.8, 4) is 0 Å². The van der Waals surface area contributed by atoms with Crippen LogP contribution in [-0.4, -0.2) is 17.7 Å². The van der Waals surface area contributed by atoms with Crippen molar-refractivity contribution in [1.82, 2.24) is 5.32 Å². The molecule has 0 aliphatic heterocycles. The number of hydrogen-bond acceptors (Lipinski definition) is 3. The van der Waals surface area contributed by atoms with Gasteiger partial charge in [0.15, 0.2) is 0 Å². The average molecular weight is 337 g/mol. The maximum Gasteiger partial charge on any atom is 0.251 e. The smallest absolute Gasteiger partial charge is 0.251 e. The Morgan fingerprint density at radius 1 is 1.12 bits per heavy atom. The van der Waals surface area contributed by atoms with Gasteiger partial charge in [-0.2, -0.15) is 0 Å². The highest BCUT2D eigenvalue weighted by atomic mass is 16.5. The standard InChI is InChI=1S/C18H30N2O2.C2H6/c1-13(2)15(12-18(3,4)5)10-11-19-17(21)14-6-8-16(20-22)9-7-14;1-2/h6-9,13,15,20,22H,10-12H2,1-5H3,(H,19,21);1-2H3. The third-order valence-corrected chi connectivity index (χ3v) is 3.89. The van der Waals surface area contributed by atoms with E-state index in [0.717, 1.165) is 12.8 Å². The number of carbonyl (C=O) groups is 1. The highest BCUT2D eigenvalue weighted by molar-refractivity contribution is 5.94. The minimum atomic E-state index is -0.0669. The quantitative estimate of drug-likeness (QED) is 0.589. The fraction of sp³-hybridized carbons (Fsp3) is 0.650. The summed E-state index contributed by atoms with van der Waals surface area (Å²) in [7, 11) is 0. The van der Waals surface area contributed by atoms with E-state index in [9.17, 15) is 4.79 Å². The number of nitrogens with one attached hydrogen (secondary N) is 2. The van der Waals surface area contributed by atoms with Crippen molar-refractivity contribution in [3.05, 3.63) is 29.8 Å². The first kappa shape index (κ1) is 22.4. The van der Waals surface area contributed by atoms with Gasteiger partial charge in [0.25, 0.3) is 5.91 Å². The minimum absolute atomic E-state index is 0.0669. The van der Waals surface area contributed by atoms with Crippen LogP contribution in [0.15, 0.2) is 24.3 Å². The molecule has 1 aromatic rings. The van der Waals surface area contributed by atoms with Crippen LogP contribution >= 0.6 is 0 Å². The molecule has 0 radical (unpaired) electrons. The number of anilines is 1. The van der Waals surface area contributed by atoms with Gasteiger partial charge in [-0.05, 0) is 54.4 Å². The van der Waals surface area contributed by atoms with E-state index < -0.39 is 0 Å². The molecule has 4 heteroatoms. The first-order valence-corrected chi connectivity index (χ1v) is 9.01. The van der Waals surface area contributed by atoms with Crippen LogP contribution in [0.2, 0.25) is 0 Å². The lowest BCUT2D eigenvalue weighted by Gasteiger charge is -2.29. The second kappa shape index (κ2) is 11.1. The molecule has 0 aliphatic carbocycles. The number of benzene rings is 1. The highest BCUT2D eigenvalue weighted by Crippen LogP contribution is 2.30. The molecule has 138 valence electrons. The minimum Gasteiger partial charge on any atom is -0.352 e. The number of hydrogen-bond donors (Lipinski definition) is 3. The summed E-state index contributed by atoms with van der Waals surface area (Å²) in [6.45, 7) is 16.0. The lowest BCUT2D eigenvalue weighted by atomic mass is 9.78. The Morgan fingerprint density at radius 2 is 1.67 bits per heavy atom. The second-order valence-electron chi connectivity index (χ2n) is 7.50. The maximum atomic E-state index is 12.1. The van der Waals surface area contributed by atoms with Gasteiger partial charge in [0.1, 0.15) is 0 Å². The van der Waals surface area contributed by atoms with Gasteiger partial charge in [-0.3, -0.25) is 15.5 Å². The molecule has 0 fully saturated rings. The summed E-state index contributed by atoms with van der Waals surface area (Å²) in [6.07, 6.45) is 2.16. The molecule has 1 amide bonds. The molecule has 0 heterocycles. The third kappa shape index (κ3) is 8.92. The fourth-order valence-corrected chi connectivity index (χ4v) is 2.63. The van der Waals surface area contributed by atoms with Gasteiger partial charge in [0.2, 0.25) is 0 Å². The van der Waals surface area contributed by atoms with Crippen molar-refractivity contribution < 1.29 is 10.0 Å². The topological polar surface area (TPSA) is 61.4 Å². The molecule has 1 unspecified atom stereocenters. The molecule has 3 N–H and O–H groups in total. The molecule has 0 spiro atoms. The van der Waals surface area contributed by atoms with E-state index in [2.05, 4.69) is 45.4 Å². The fourth-order valence-electron chi connectivity index (χ4n) is 2.63. The molecule has 1 rings (SSSR count). The predicted molar refractivity (Wildman–Crippen MR) is 103 cm³/mol. The van der Waals surface area contributed by atoms with Crippen LogP contribution in [0.4, 0.5) is 5.69 Å². The summed E-state index contributed by atoms with van der Waals surface area (Å²) >= 11 is 0. The molecule has 0 aromatic heterocycles. The monoisotopic (exact) mass is 336 g/mol. The van der Waals surface area contributed by atoms with Crippen LogP contribution in [-0.2, 0) is 0 Å². The Labute approximate surface area is 148 Å². The van der Waals surface area contributed by atoms with Crippen LogP contribution in [0.5, 0.6) is 0 Å². The van der Waals surface area contributed by atoms with Crippen molar-refractivity contribution in [1.29, 1.82) is 0 Å². The Bertz CT molecular complexity index is 462. The Kier molecular flexibility index (Phi) is 10.4. The average Bonchev–Trinajstić information content (AvgIpc) is 2.54. The first-order valence-electron chi connectivity index (χ1n) is 9.01. The molecule has 0 bridgehead atoms. The number of amides is 1. The molecule has 0 saturated heterocycles. The first-order chi connectivity index (χ1) is 11.2. The van der Waals surface area contributed by atoms with Crippen LogP contribution in [0.3, 0.4) is 0 Å². The Hall–Kier alpha value is -1.55. The molecule has 0 saturated carbocycles. The van der Waals surface area contributed by atoms with E-state index in [1.807, 2.05) is 13.8 Å². The Morgan fingerprint density at radius 3 is 2.08 bits per heavy atom. The summed E-state index contributed by atoms with van der Waals surface area (Å²) in [5.41, 5.74) is 3.54. The lowest BCUT2D eigenvalue weighted by Crippen LogP contribution is -2.28. The van der Waals surface area contributed by atoms with Crippen LogP contribution in [0, 0.1) is 17.3 Å². The van der Waals surface area contributed by atoms with Gasteiger partial charge in [0.05, 0.1) is 5.69 Å².